The van der Waals surface area contributed by atoms with Crippen LogP contribution in [0.25, 0.3) is 0 Å². The molecule has 4 unspecified atom stereocenters. The molecule has 2 rings (SSSR count). The average molecular weight is 240 g/mol. The van der Waals surface area contributed by atoms with Crippen LogP contribution in [0.1, 0.15) is 39.5 Å². The van der Waals surface area contributed by atoms with E-state index in [1.54, 1.807) is 0 Å². The number of nitrogens with one attached hydrogen (secondary N) is 1. The van der Waals surface area contributed by atoms with Crippen molar-refractivity contribution in [1.82, 2.24) is 10.2 Å². The molecule has 0 spiro atoms. The van der Waals surface area contributed by atoms with Gasteiger partial charge < -0.3 is 10.4 Å². The number of piperidine rings is 1. The Labute approximate surface area is 106 Å². The molecule has 0 radical (unpaired) electrons. The minimum Gasteiger partial charge on any atom is -0.395 e. The molecule has 2 N–H and O–H groups in total. The van der Waals surface area contributed by atoms with Gasteiger partial charge in [-0.25, -0.2) is 0 Å². The highest BCUT2D eigenvalue weighted by molar-refractivity contribution is 4.92. The fourth-order valence-corrected chi connectivity index (χ4v) is 3.42. The molecule has 17 heavy (non-hydrogen) atoms. The van der Waals surface area contributed by atoms with Gasteiger partial charge in [0, 0.05) is 31.7 Å². The molecule has 0 aromatic heterocycles. The van der Waals surface area contributed by atoms with E-state index < -0.39 is 0 Å². The van der Waals surface area contributed by atoms with Gasteiger partial charge in [-0.3, -0.25) is 4.90 Å². The van der Waals surface area contributed by atoms with Gasteiger partial charge in [0.15, 0.2) is 0 Å². The molecular formula is C14H28N2O. The summed E-state index contributed by atoms with van der Waals surface area (Å²) in [5, 5.41) is 12.4. The quantitative estimate of drug-likeness (QED) is 0.764. The Balaban J connectivity index is 1.87. The van der Waals surface area contributed by atoms with Crippen LogP contribution >= 0.6 is 0 Å². The van der Waals surface area contributed by atoms with Gasteiger partial charge >= 0.3 is 0 Å². The highest BCUT2D eigenvalue weighted by Crippen LogP contribution is 2.34. The van der Waals surface area contributed by atoms with Gasteiger partial charge in [-0.15, -0.1) is 0 Å². The number of nitrogens with zero attached hydrogens (tertiary/aromatic N) is 1. The van der Waals surface area contributed by atoms with E-state index in [9.17, 15) is 0 Å². The zero-order valence-corrected chi connectivity index (χ0v) is 11.4. The van der Waals surface area contributed by atoms with Crippen LogP contribution in [-0.4, -0.2) is 48.3 Å². The summed E-state index contributed by atoms with van der Waals surface area (Å²) in [5.41, 5.74) is 0. The van der Waals surface area contributed by atoms with Crippen molar-refractivity contribution in [2.24, 2.45) is 11.8 Å². The fourth-order valence-electron chi connectivity index (χ4n) is 3.42. The Morgan fingerprint density at radius 2 is 2.12 bits per heavy atom. The van der Waals surface area contributed by atoms with Crippen molar-refractivity contribution < 1.29 is 5.11 Å². The summed E-state index contributed by atoms with van der Waals surface area (Å²) in [6, 6.07) is 1.43. The largest absolute Gasteiger partial charge is 0.395 e. The lowest BCUT2D eigenvalue weighted by Crippen LogP contribution is -2.56. The van der Waals surface area contributed by atoms with Crippen LogP contribution in [0.5, 0.6) is 0 Å². The maximum atomic E-state index is 8.92. The first kappa shape index (κ1) is 13.3. The van der Waals surface area contributed by atoms with E-state index in [1.807, 2.05) is 0 Å². The maximum Gasteiger partial charge on any atom is 0.0556 e. The van der Waals surface area contributed by atoms with Gasteiger partial charge in [-0.05, 0) is 31.1 Å². The molecule has 1 aliphatic carbocycles. The lowest BCUT2D eigenvalue weighted by molar-refractivity contribution is 0.0216. The van der Waals surface area contributed by atoms with Crippen LogP contribution in [0.4, 0.5) is 0 Å². The Hall–Kier alpha value is -0.120. The smallest absolute Gasteiger partial charge is 0.0556 e. The molecule has 3 nitrogen and oxygen atoms in total. The minimum absolute atomic E-state index is 0.257. The summed E-state index contributed by atoms with van der Waals surface area (Å²) in [6.45, 7) is 8.18. The molecule has 3 heteroatoms. The predicted molar refractivity (Wildman–Crippen MR) is 71.0 cm³/mol. The van der Waals surface area contributed by atoms with E-state index in [4.69, 9.17) is 5.11 Å². The van der Waals surface area contributed by atoms with Crippen molar-refractivity contribution in [2.45, 2.75) is 51.6 Å². The van der Waals surface area contributed by atoms with Gasteiger partial charge in [0.25, 0.3) is 0 Å². The van der Waals surface area contributed by atoms with Crippen molar-refractivity contribution in [1.29, 1.82) is 0 Å². The van der Waals surface area contributed by atoms with E-state index in [0.717, 1.165) is 24.4 Å². The molecule has 0 aromatic carbocycles. The number of likely N-dealkylation sites (tertiary alicyclic amines) is 1. The third-order valence-corrected chi connectivity index (χ3v) is 4.73. The molecule has 1 saturated heterocycles. The molecule has 2 fully saturated rings. The van der Waals surface area contributed by atoms with Crippen molar-refractivity contribution in [3.05, 3.63) is 0 Å². The fraction of sp³-hybridized carbons (Fsp3) is 1.00. The first-order valence-electron chi connectivity index (χ1n) is 7.32. The first-order chi connectivity index (χ1) is 8.24. The van der Waals surface area contributed by atoms with E-state index >= 15 is 0 Å². The molecular weight excluding hydrogens is 212 g/mol. The van der Waals surface area contributed by atoms with Crippen LogP contribution in [-0.2, 0) is 0 Å². The Bertz CT molecular complexity index is 234. The summed E-state index contributed by atoms with van der Waals surface area (Å²) in [5.74, 6) is 1.73. The van der Waals surface area contributed by atoms with Gasteiger partial charge in [0.2, 0.25) is 0 Å². The number of rotatable bonds is 5. The highest BCUT2D eigenvalue weighted by Gasteiger charge is 2.36. The maximum absolute atomic E-state index is 8.92. The molecule has 100 valence electrons. The summed E-state index contributed by atoms with van der Waals surface area (Å²) in [4.78, 5) is 2.71. The lowest BCUT2D eigenvalue weighted by atomic mass is 9.78. The Morgan fingerprint density at radius 1 is 1.29 bits per heavy atom. The molecule has 1 saturated carbocycles. The summed E-state index contributed by atoms with van der Waals surface area (Å²) >= 11 is 0. The number of aliphatic hydroxyl groups is 1. The zero-order chi connectivity index (χ0) is 12.3. The summed E-state index contributed by atoms with van der Waals surface area (Å²) in [7, 11) is 0. The van der Waals surface area contributed by atoms with E-state index in [-0.39, 0.29) is 6.61 Å². The van der Waals surface area contributed by atoms with Crippen molar-refractivity contribution in [3.63, 3.8) is 0 Å². The predicted octanol–water partition coefficient (Wildman–Crippen LogP) is 1.47. The molecule has 1 aliphatic heterocycles. The van der Waals surface area contributed by atoms with Crippen LogP contribution in [0.3, 0.4) is 0 Å². The zero-order valence-electron chi connectivity index (χ0n) is 11.4. The molecule has 0 bridgehead atoms. The lowest BCUT2D eigenvalue weighted by Gasteiger charge is -2.48. The molecule has 0 amide bonds. The van der Waals surface area contributed by atoms with E-state index in [1.165, 1.54) is 38.8 Å². The topological polar surface area (TPSA) is 35.5 Å². The second kappa shape index (κ2) is 6.17. The van der Waals surface area contributed by atoms with Crippen LogP contribution in [0.2, 0.25) is 0 Å². The minimum atomic E-state index is 0.257. The van der Waals surface area contributed by atoms with Gasteiger partial charge in [0.05, 0.1) is 6.61 Å². The van der Waals surface area contributed by atoms with Crippen LogP contribution in [0.15, 0.2) is 0 Å². The molecule has 2 aliphatic rings. The van der Waals surface area contributed by atoms with Crippen LogP contribution in [0, 0.1) is 11.8 Å². The Kier molecular flexibility index (Phi) is 4.83. The van der Waals surface area contributed by atoms with E-state index in [0.29, 0.717) is 6.04 Å². The standard InChI is InChI=1S/C14H28N2O/c1-3-12-8-13(15-6-7-17)10-16(9-12)14-5-4-11(14)2/h11-15,17H,3-10H2,1-2H3. The third-order valence-electron chi connectivity index (χ3n) is 4.73. The normalized spacial score (nSPS) is 39.0. The van der Waals surface area contributed by atoms with Gasteiger partial charge in [0.1, 0.15) is 0 Å². The van der Waals surface area contributed by atoms with Gasteiger partial charge in [-0.2, -0.15) is 0 Å². The monoisotopic (exact) mass is 240 g/mol. The average Bonchev–Trinajstić information content (AvgIpc) is 2.34. The number of hydrogen-bond donors (Lipinski definition) is 2. The highest BCUT2D eigenvalue weighted by atomic mass is 16.3. The van der Waals surface area contributed by atoms with Crippen molar-refractivity contribution in [3.8, 4) is 0 Å². The second-order valence-electron chi connectivity index (χ2n) is 5.96. The first-order valence-corrected chi connectivity index (χ1v) is 7.32. The van der Waals surface area contributed by atoms with Crippen molar-refractivity contribution in [2.75, 3.05) is 26.2 Å². The van der Waals surface area contributed by atoms with E-state index in [2.05, 4.69) is 24.1 Å². The van der Waals surface area contributed by atoms with Crippen LogP contribution < -0.4 is 5.32 Å². The number of hydrogen-bond acceptors (Lipinski definition) is 3. The summed E-state index contributed by atoms with van der Waals surface area (Å²) < 4.78 is 0. The second-order valence-corrected chi connectivity index (χ2v) is 5.96. The van der Waals surface area contributed by atoms with Gasteiger partial charge in [-0.1, -0.05) is 20.3 Å². The summed E-state index contributed by atoms with van der Waals surface area (Å²) in [6.07, 6.45) is 5.38. The number of aliphatic hydroxyl groups excluding tert-OH is 1. The van der Waals surface area contributed by atoms with Crippen molar-refractivity contribution >= 4 is 0 Å². The molecule has 0 aromatic rings. The molecule has 1 heterocycles. The SMILES string of the molecule is CCC1CC(NCCO)CN(C2CCC2C)C1. The molecule has 4 atom stereocenters. The third kappa shape index (κ3) is 3.21. The Morgan fingerprint density at radius 3 is 2.65 bits per heavy atom.